The summed E-state index contributed by atoms with van der Waals surface area (Å²) in [6.45, 7) is 4.85. The Morgan fingerprint density at radius 1 is 1.50 bits per heavy atom. The van der Waals surface area contributed by atoms with Crippen molar-refractivity contribution in [1.82, 2.24) is 4.37 Å². The van der Waals surface area contributed by atoms with Gasteiger partial charge in [0.15, 0.2) is 5.82 Å². The molecule has 4 nitrogen and oxygen atoms in total. The van der Waals surface area contributed by atoms with Crippen LogP contribution in [-0.2, 0) is 0 Å². The largest absolute Gasteiger partial charge is 0.382 e. The van der Waals surface area contributed by atoms with Crippen molar-refractivity contribution in [2.45, 2.75) is 13.8 Å². The Kier molecular flexibility index (Phi) is 3.49. The van der Waals surface area contributed by atoms with E-state index in [1.165, 1.54) is 17.1 Å². The molecule has 2 rings (SSSR count). The van der Waals surface area contributed by atoms with Gasteiger partial charge in [0.2, 0.25) is 0 Å². The molecular weight excluding hydrogens is 244 g/mol. The van der Waals surface area contributed by atoms with E-state index in [0.29, 0.717) is 11.4 Å². The van der Waals surface area contributed by atoms with Crippen LogP contribution in [0.1, 0.15) is 18.1 Å². The van der Waals surface area contributed by atoms with Crippen LogP contribution in [0.5, 0.6) is 0 Å². The van der Waals surface area contributed by atoms with Gasteiger partial charge in [-0.2, -0.15) is 9.64 Å². The molecule has 1 aromatic heterocycles. The summed E-state index contributed by atoms with van der Waals surface area (Å²) >= 11 is 1.26. The Morgan fingerprint density at radius 2 is 2.28 bits per heavy atom. The molecule has 1 heterocycles. The van der Waals surface area contributed by atoms with E-state index < -0.39 is 0 Å². The van der Waals surface area contributed by atoms with Crippen molar-refractivity contribution in [2.24, 2.45) is 0 Å². The number of aromatic nitrogens is 1. The highest BCUT2D eigenvalue weighted by molar-refractivity contribution is 7.10. The average molecular weight is 258 g/mol. The molecule has 2 N–H and O–H groups in total. The van der Waals surface area contributed by atoms with Crippen LogP contribution in [0.2, 0.25) is 0 Å². The zero-order valence-corrected chi connectivity index (χ0v) is 11.2. The lowest BCUT2D eigenvalue weighted by molar-refractivity contribution is 1.03. The highest BCUT2D eigenvalue weighted by Crippen LogP contribution is 2.34. The van der Waals surface area contributed by atoms with Crippen LogP contribution in [-0.4, -0.2) is 10.9 Å². The molecule has 0 unspecified atom stereocenters. The van der Waals surface area contributed by atoms with Crippen molar-refractivity contribution in [3.05, 3.63) is 35.4 Å². The highest BCUT2D eigenvalue weighted by atomic mass is 32.1. The summed E-state index contributed by atoms with van der Waals surface area (Å²) in [5, 5.41) is 9.95. The number of nitrogen functional groups attached to an aromatic ring is 1. The van der Waals surface area contributed by atoms with Crippen molar-refractivity contribution in [2.75, 3.05) is 17.2 Å². The first-order chi connectivity index (χ1) is 8.67. The molecule has 0 amide bonds. The summed E-state index contributed by atoms with van der Waals surface area (Å²) in [4.78, 5) is 2.06. The molecule has 0 spiro atoms. The van der Waals surface area contributed by atoms with E-state index in [2.05, 4.69) is 21.4 Å². The molecule has 1 aromatic carbocycles. The molecule has 5 heteroatoms. The lowest BCUT2D eigenvalue weighted by atomic mass is 10.2. The molecule has 0 aliphatic carbocycles. The summed E-state index contributed by atoms with van der Waals surface area (Å²) in [6.07, 6.45) is 0. The fraction of sp³-hybridized carbons (Fsp3) is 0.231. The number of nitrogens with two attached hydrogens (primary N) is 1. The summed E-state index contributed by atoms with van der Waals surface area (Å²) in [5.41, 5.74) is 8.40. The number of benzene rings is 1. The van der Waals surface area contributed by atoms with Crippen LogP contribution in [0.3, 0.4) is 0 Å². The molecule has 0 saturated carbocycles. The third kappa shape index (κ3) is 2.15. The number of aryl methyl sites for hydroxylation is 1. The first-order valence-corrected chi connectivity index (χ1v) is 6.44. The van der Waals surface area contributed by atoms with Crippen molar-refractivity contribution < 1.29 is 0 Å². The van der Waals surface area contributed by atoms with E-state index in [1.807, 2.05) is 32.0 Å². The van der Waals surface area contributed by atoms with Gasteiger partial charge in [-0.05, 0) is 43.1 Å². The SMILES string of the molecule is CCN(c1cccc(C)c1)c1snc(N)c1C#N. The second-order valence-electron chi connectivity index (χ2n) is 3.94. The maximum absolute atomic E-state index is 9.14. The van der Waals surface area contributed by atoms with Crippen molar-refractivity contribution in [3.63, 3.8) is 0 Å². The second kappa shape index (κ2) is 5.07. The van der Waals surface area contributed by atoms with Gasteiger partial charge in [-0.1, -0.05) is 12.1 Å². The van der Waals surface area contributed by atoms with E-state index in [4.69, 9.17) is 11.0 Å². The third-order valence-electron chi connectivity index (χ3n) is 2.69. The molecule has 0 saturated heterocycles. The number of nitrogens with zero attached hydrogens (tertiary/aromatic N) is 3. The van der Waals surface area contributed by atoms with Gasteiger partial charge in [0.1, 0.15) is 16.6 Å². The summed E-state index contributed by atoms with van der Waals surface area (Å²) in [7, 11) is 0. The smallest absolute Gasteiger partial charge is 0.157 e. The molecule has 0 aliphatic rings. The van der Waals surface area contributed by atoms with E-state index in [9.17, 15) is 0 Å². The van der Waals surface area contributed by atoms with Crippen LogP contribution in [0.25, 0.3) is 0 Å². The van der Waals surface area contributed by atoms with Crippen LogP contribution in [0.15, 0.2) is 24.3 Å². The van der Waals surface area contributed by atoms with Crippen LogP contribution in [0.4, 0.5) is 16.5 Å². The Bertz CT molecular complexity index is 597. The van der Waals surface area contributed by atoms with Gasteiger partial charge >= 0.3 is 0 Å². The molecule has 0 aliphatic heterocycles. The first kappa shape index (κ1) is 12.4. The minimum Gasteiger partial charge on any atom is -0.382 e. The number of anilines is 3. The Hall–Kier alpha value is -2.06. The Labute approximate surface area is 110 Å². The lowest BCUT2D eigenvalue weighted by Crippen LogP contribution is -2.15. The molecule has 0 bridgehead atoms. The molecule has 0 atom stereocenters. The maximum atomic E-state index is 9.14. The topological polar surface area (TPSA) is 65.9 Å². The van der Waals surface area contributed by atoms with E-state index in [-0.39, 0.29) is 0 Å². The predicted octanol–water partition coefficient (Wildman–Crippen LogP) is 3.06. The van der Waals surface area contributed by atoms with Crippen LogP contribution >= 0.6 is 11.5 Å². The Morgan fingerprint density at radius 3 is 2.89 bits per heavy atom. The summed E-state index contributed by atoms with van der Waals surface area (Å²) in [6, 6.07) is 10.3. The quantitative estimate of drug-likeness (QED) is 0.918. The normalized spacial score (nSPS) is 10.1. The van der Waals surface area contributed by atoms with Gasteiger partial charge in [-0.15, -0.1) is 0 Å². The molecule has 18 heavy (non-hydrogen) atoms. The van der Waals surface area contributed by atoms with Gasteiger partial charge in [0.25, 0.3) is 0 Å². The zero-order valence-electron chi connectivity index (χ0n) is 10.3. The number of rotatable bonds is 3. The van der Waals surface area contributed by atoms with Crippen molar-refractivity contribution >= 4 is 28.0 Å². The van der Waals surface area contributed by atoms with E-state index >= 15 is 0 Å². The molecular formula is C13H14N4S. The molecule has 0 fully saturated rings. The standard InChI is InChI=1S/C13H14N4S/c1-3-17(10-6-4-5-9(2)7-10)13-11(8-14)12(15)16-18-13/h4-7H,3H2,1-2H3,(H2,15,16). The van der Waals surface area contributed by atoms with Crippen LogP contribution < -0.4 is 10.6 Å². The predicted molar refractivity (Wildman–Crippen MR) is 75.1 cm³/mol. The van der Waals surface area contributed by atoms with Gasteiger partial charge in [-0.3, -0.25) is 0 Å². The van der Waals surface area contributed by atoms with E-state index in [0.717, 1.165) is 17.2 Å². The number of hydrogen-bond donors (Lipinski definition) is 1. The molecule has 92 valence electrons. The fourth-order valence-corrected chi connectivity index (χ4v) is 2.67. The van der Waals surface area contributed by atoms with Gasteiger partial charge in [-0.25, -0.2) is 0 Å². The minimum absolute atomic E-state index is 0.309. The first-order valence-electron chi connectivity index (χ1n) is 5.66. The van der Waals surface area contributed by atoms with E-state index in [1.54, 1.807) is 0 Å². The maximum Gasteiger partial charge on any atom is 0.157 e. The zero-order chi connectivity index (χ0) is 13.1. The van der Waals surface area contributed by atoms with Crippen molar-refractivity contribution in [1.29, 1.82) is 5.26 Å². The van der Waals surface area contributed by atoms with Gasteiger partial charge in [0.05, 0.1) is 0 Å². The average Bonchev–Trinajstić information content (AvgIpc) is 2.72. The monoisotopic (exact) mass is 258 g/mol. The van der Waals surface area contributed by atoms with Gasteiger partial charge in [0, 0.05) is 12.2 Å². The second-order valence-corrected chi connectivity index (χ2v) is 4.69. The van der Waals surface area contributed by atoms with Crippen LogP contribution in [0, 0.1) is 18.3 Å². The lowest BCUT2D eigenvalue weighted by Gasteiger charge is -2.21. The highest BCUT2D eigenvalue weighted by Gasteiger charge is 2.17. The summed E-state index contributed by atoms with van der Waals surface area (Å²) in [5.74, 6) is 0.309. The molecule has 0 radical (unpaired) electrons. The molecule has 2 aromatic rings. The summed E-state index contributed by atoms with van der Waals surface area (Å²) < 4.78 is 4.06. The van der Waals surface area contributed by atoms with Gasteiger partial charge < -0.3 is 10.6 Å². The number of hydrogen-bond acceptors (Lipinski definition) is 5. The fourth-order valence-electron chi connectivity index (χ4n) is 1.82. The number of nitriles is 1. The van der Waals surface area contributed by atoms with Crippen molar-refractivity contribution in [3.8, 4) is 6.07 Å². The minimum atomic E-state index is 0.309. The Balaban J connectivity index is 2.49. The third-order valence-corrected chi connectivity index (χ3v) is 3.57.